The highest BCUT2D eigenvalue weighted by atomic mass is 16.7. The van der Waals surface area contributed by atoms with Crippen molar-refractivity contribution in [2.45, 2.75) is 115 Å². The quantitative estimate of drug-likeness (QED) is 0.238. The number of carbonyl (C=O) groups is 8. The van der Waals surface area contributed by atoms with Crippen LogP contribution in [0.15, 0.2) is 65.9 Å². The van der Waals surface area contributed by atoms with Crippen LogP contribution in [-0.4, -0.2) is 129 Å². The van der Waals surface area contributed by atoms with E-state index in [0.717, 1.165) is 53.3 Å². The maximum absolute atomic E-state index is 14.6. The summed E-state index contributed by atoms with van der Waals surface area (Å²) < 4.78 is 61.2. The van der Waals surface area contributed by atoms with Gasteiger partial charge in [-0.25, -0.2) is 14.4 Å². The van der Waals surface area contributed by atoms with Gasteiger partial charge in [-0.05, 0) is 44.2 Å². The van der Waals surface area contributed by atoms with E-state index in [1.54, 1.807) is 6.92 Å². The van der Waals surface area contributed by atoms with Gasteiger partial charge in [-0.3, -0.25) is 33.9 Å². The van der Waals surface area contributed by atoms with Crippen LogP contribution in [0.25, 0.3) is 0 Å². The molecule has 0 amide bonds. The second kappa shape index (κ2) is 17.6. The molecule has 2 aliphatic heterocycles. The monoisotopic (exact) mass is 920 g/mol. The van der Waals surface area contributed by atoms with Gasteiger partial charge in [-0.1, -0.05) is 13.8 Å². The zero-order valence-corrected chi connectivity index (χ0v) is 37.1. The highest BCUT2D eigenvalue weighted by Crippen LogP contribution is 2.70. The van der Waals surface area contributed by atoms with Gasteiger partial charge in [0.05, 0.1) is 40.5 Å². The van der Waals surface area contributed by atoms with Crippen LogP contribution in [0.1, 0.15) is 98.1 Å². The van der Waals surface area contributed by atoms with Crippen LogP contribution in [0, 0.1) is 17.3 Å². The number of nitrogens with zero attached hydrogens (tertiary/aromatic N) is 2. The van der Waals surface area contributed by atoms with E-state index in [9.17, 15) is 43.5 Å². The average molecular weight is 921 g/mol. The highest BCUT2D eigenvalue weighted by molar-refractivity contribution is 5.92. The first kappa shape index (κ1) is 47.2. The Morgan fingerprint density at radius 3 is 2.03 bits per heavy atom. The SMILES string of the molecule is CC(=O)OC[C@]12[C@H](OC(C)=O)[C@H](OC(=O)c3cccnc3)[C@@H]3[C@@H](OC(=O)c4ccoc4)[C@@]14O[C@@]3(C)COC(=O)c1cccnc1[C@@H](C)[C@H](C)C(=O)O[C@@H]([C@H](OC(C)=O)[C@@H]2OC(C)=O)[C@]4(C)O. The number of aliphatic hydroxyl groups is 1. The standard InChI is InChI=1S/C45H48N2O19/c1-21-22(2)38(52)65-35-33(60-24(4)49)37(62-26(6)51)44(20-58-23(3)48)36(61-25(5)50)32(63-39(53)27-11-9-14-46-17-27)30-34(64-40(54)28-13-16-57-18-28)45(44,43(35,8)56)66-42(30,7)19-59-41(55)29-12-10-15-47-31(21)29/h9-18,21-22,30,32-37,56H,19-20H2,1-8H3/t21-,22-,30+,32+,33-,34+,35-,36+,37-,42-,43-,44+,45-/m0/s1. The predicted molar refractivity (Wildman–Crippen MR) is 215 cm³/mol. The van der Waals surface area contributed by atoms with Gasteiger partial charge in [0.1, 0.15) is 48.3 Å². The number of furan rings is 1. The fraction of sp³-hybridized carbons (Fsp3) is 0.511. The second-order valence-electron chi connectivity index (χ2n) is 17.2. The predicted octanol–water partition coefficient (Wildman–Crippen LogP) is 2.61. The van der Waals surface area contributed by atoms with Crippen LogP contribution >= 0.6 is 0 Å². The summed E-state index contributed by atoms with van der Waals surface area (Å²) in [6, 6.07) is 6.89. The average Bonchev–Trinajstić information content (AvgIpc) is 3.88. The summed E-state index contributed by atoms with van der Waals surface area (Å²) in [4.78, 5) is 120. The van der Waals surface area contributed by atoms with E-state index < -0.39 is 138 Å². The second-order valence-corrected chi connectivity index (χ2v) is 17.2. The molecule has 2 saturated carbocycles. The highest BCUT2D eigenvalue weighted by Gasteiger charge is 2.92. The van der Waals surface area contributed by atoms with Gasteiger partial charge in [0.2, 0.25) is 0 Å². The van der Waals surface area contributed by atoms with Crippen LogP contribution < -0.4 is 0 Å². The number of pyridine rings is 2. The third-order valence-electron chi connectivity index (χ3n) is 13.0. The number of rotatable bonds is 9. The molecule has 13 atom stereocenters. The lowest BCUT2D eigenvalue weighted by Crippen LogP contribution is -2.89. The van der Waals surface area contributed by atoms with Crippen LogP contribution in [0.4, 0.5) is 0 Å². The molecule has 1 spiro atoms. The smallest absolute Gasteiger partial charge is 0.341 e. The summed E-state index contributed by atoms with van der Waals surface area (Å²) in [5.74, 6) is -12.4. The topological polar surface area (TPSA) is 279 Å². The first-order valence-corrected chi connectivity index (χ1v) is 20.9. The zero-order chi connectivity index (χ0) is 48.1. The molecule has 2 aliphatic carbocycles. The van der Waals surface area contributed by atoms with Gasteiger partial charge >= 0.3 is 47.8 Å². The van der Waals surface area contributed by atoms with E-state index in [1.165, 1.54) is 56.6 Å². The van der Waals surface area contributed by atoms with Crippen molar-refractivity contribution in [3.8, 4) is 0 Å². The first-order valence-electron chi connectivity index (χ1n) is 20.9. The lowest BCUT2D eigenvalue weighted by Gasteiger charge is -2.67. The van der Waals surface area contributed by atoms with Crippen molar-refractivity contribution in [1.29, 1.82) is 0 Å². The van der Waals surface area contributed by atoms with E-state index in [0.29, 0.717) is 0 Å². The van der Waals surface area contributed by atoms with Crippen LogP contribution in [0.5, 0.6) is 0 Å². The van der Waals surface area contributed by atoms with Crippen molar-refractivity contribution in [3.05, 3.63) is 83.8 Å². The Balaban J connectivity index is 1.65. The Labute approximate surface area is 376 Å². The normalized spacial score (nSPS) is 34.5. The fourth-order valence-corrected chi connectivity index (χ4v) is 10.1. The van der Waals surface area contributed by atoms with Gasteiger partial charge in [-0.15, -0.1) is 0 Å². The minimum absolute atomic E-state index is 0.0752. The van der Waals surface area contributed by atoms with E-state index in [-0.39, 0.29) is 22.4 Å². The van der Waals surface area contributed by atoms with Crippen molar-refractivity contribution in [1.82, 2.24) is 9.97 Å². The van der Waals surface area contributed by atoms with E-state index in [1.807, 2.05) is 0 Å². The minimum Gasteiger partial charge on any atom is -0.472 e. The van der Waals surface area contributed by atoms with E-state index >= 15 is 0 Å². The Kier molecular flexibility index (Phi) is 12.6. The number of fused-ring (bicyclic) bond motifs is 5. The molecule has 1 N–H and O–H groups in total. The number of ether oxygens (including phenoxy) is 9. The molecule has 5 heterocycles. The number of hydrogen-bond donors (Lipinski definition) is 1. The van der Waals surface area contributed by atoms with Gasteiger partial charge in [0, 0.05) is 52.2 Å². The molecule has 0 aromatic carbocycles. The van der Waals surface area contributed by atoms with Crippen LogP contribution in [0.2, 0.25) is 0 Å². The Bertz CT molecular complexity index is 2420. The molecule has 0 radical (unpaired) electrons. The number of esters is 8. The summed E-state index contributed by atoms with van der Waals surface area (Å²) in [6.45, 7) is 7.40. The number of hydrogen-bond acceptors (Lipinski definition) is 21. The van der Waals surface area contributed by atoms with Crippen molar-refractivity contribution >= 4 is 47.8 Å². The molecule has 21 nitrogen and oxygen atoms in total. The molecule has 3 fully saturated rings. The molecule has 7 rings (SSSR count). The molecule has 0 unspecified atom stereocenters. The molecule has 3 aromatic heterocycles. The van der Waals surface area contributed by atoms with Crippen LogP contribution in [0.3, 0.4) is 0 Å². The Morgan fingerprint density at radius 2 is 1.42 bits per heavy atom. The molecule has 21 heteroatoms. The van der Waals surface area contributed by atoms with Crippen molar-refractivity contribution < 1.29 is 90.5 Å². The summed E-state index contributed by atoms with van der Waals surface area (Å²) >= 11 is 0. The maximum atomic E-state index is 14.6. The number of carbonyl (C=O) groups excluding carboxylic acids is 8. The Hall–Kier alpha value is -6.74. The zero-order valence-electron chi connectivity index (χ0n) is 37.1. The first-order chi connectivity index (χ1) is 31.1. The Morgan fingerprint density at radius 1 is 0.773 bits per heavy atom. The molecule has 4 bridgehead atoms. The number of aromatic nitrogens is 2. The third kappa shape index (κ3) is 7.72. The molecular formula is C45H48N2O19. The molecule has 66 heavy (non-hydrogen) atoms. The summed E-state index contributed by atoms with van der Waals surface area (Å²) in [5, 5.41) is 13.8. The molecule has 1 saturated heterocycles. The lowest BCUT2D eigenvalue weighted by molar-refractivity contribution is -0.385. The van der Waals surface area contributed by atoms with Crippen molar-refractivity contribution in [3.63, 3.8) is 0 Å². The molecule has 352 valence electrons. The summed E-state index contributed by atoms with van der Waals surface area (Å²) in [5.41, 5.74) is -11.0. The van der Waals surface area contributed by atoms with Crippen molar-refractivity contribution in [2.75, 3.05) is 13.2 Å². The fourth-order valence-electron chi connectivity index (χ4n) is 10.1. The minimum atomic E-state index is -2.93. The maximum Gasteiger partial charge on any atom is 0.341 e. The van der Waals surface area contributed by atoms with Crippen LogP contribution in [-0.2, 0) is 66.6 Å². The molecule has 3 aromatic rings. The molecular weight excluding hydrogens is 872 g/mol. The third-order valence-corrected chi connectivity index (χ3v) is 13.0. The van der Waals surface area contributed by atoms with E-state index in [2.05, 4.69) is 9.97 Å². The summed E-state index contributed by atoms with van der Waals surface area (Å²) in [6.07, 6.45) is -6.55. The summed E-state index contributed by atoms with van der Waals surface area (Å²) in [7, 11) is 0. The van der Waals surface area contributed by atoms with Gasteiger partial charge in [0.25, 0.3) is 0 Å². The largest absolute Gasteiger partial charge is 0.472 e. The van der Waals surface area contributed by atoms with Crippen molar-refractivity contribution in [2.24, 2.45) is 17.3 Å². The lowest BCUT2D eigenvalue weighted by atomic mass is 9.45. The van der Waals surface area contributed by atoms with E-state index in [4.69, 9.17) is 47.0 Å². The number of cyclic esters (lactones) is 1. The van der Waals surface area contributed by atoms with Gasteiger partial charge < -0.3 is 52.2 Å². The van der Waals surface area contributed by atoms with Gasteiger partial charge in [-0.2, -0.15) is 0 Å². The molecule has 4 aliphatic rings. The van der Waals surface area contributed by atoms with Gasteiger partial charge in [0.15, 0.2) is 30.0 Å².